The second-order valence-corrected chi connectivity index (χ2v) is 6.24. The van der Waals surface area contributed by atoms with Crippen molar-refractivity contribution in [3.8, 4) is 0 Å². The third kappa shape index (κ3) is 4.32. The van der Waals surface area contributed by atoms with Gasteiger partial charge in [-0.3, -0.25) is 0 Å². The van der Waals surface area contributed by atoms with E-state index in [1.54, 1.807) is 0 Å². The maximum atomic E-state index is 3.31. The largest absolute Gasteiger partial charge is 0.319 e. The second-order valence-electron chi connectivity index (χ2n) is 5.00. The number of hydrogen-bond acceptors (Lipinski definition) is 1. The summed E-state index contributed by atoms with van der Waals surface area (Å²) in [6.45, 7) is 3.14. The van der Waals surface area contributed by atoms with E-state index in [2.05, 4.69) is 83.4 Å². The fraction of sp³-hybridized carbons (Fsp3) is 0.294. The normalized spacial score (nSPS) is 12.4. The molecule has 2 rings (SSSR count). The van der Waals surface area contributed by atoms with Crippen LogP contribution in [0.4, 0.5) is 0 Å². The van der Waals surface area contributed by atoms with Gasteiger partial charge in [-0.05, 0) is 66.2 Å². The second kappa shape index (κ2) is 7.06. The van der Waals surface area contributed by atoms with Crippen LogP contribution in [0.25, 0.3) is 0 Å². The molecule has 0 aromatic heterocycles. The van der Waals surface area contributed by atoms with Gasteiger partial charge in [-0.2, -0.15) is 0 Å². The molecule has 19 heavy (non-hydrogen) atoms. The van der Waals surface area contributed by atoms with E-state index in [0.29, 0.717) is 5.92 Å². The molecule has 100 valence electrons. The van der Waals surface area contributed by atoms with Crippen molar-refractivity contribution in [2.45, 2.75) is 19.3 Å². The van der Waals surface area contributed by atoms with Crippen molar-refractivity contribution in [3.63, 3.8) is 0 Å². The average Bonchev–Trinajstić information content (AvgIpc) is 2.42. The Kier molecular flexibility index (Phi) is 5.40. The first kappa shape index (κ1) is 14.5. The summed E-state index contributed by atoms with van der Waals surface area (Å²) in [5, 5.41) is 3.31. The van der Waals surface area contributed by atoms with E-state index in [9.17, 15) is 0 Å². The number of hydrogen-bond donors (Lipinski definition) is 1. The number of nitrogens with one attached hydrogen (secondary N) is 1. The summed E-state index contributed by atoms with van der Waals surface area (Å²) in [4.78, 5) is 0. The van der Waals surface area contributed by atoms with E-state index < -0.39 is 0 Å². The summed E-state index contributed by atoms with van der Waals surface area (Å²) >= 11 is 2.35. The van der Waals surface area contributed by atoms with Crippen LogP contribution >= 0.6 is 22.6 Å². The molecule has 0 heterocycles. The Balaban J connectivity index is 2.15. The van der Waals surface area contributed by atoms with E-state index in [1.807, 2.05) is 7.05 Å². The fourth-order valence-corrected chi connectivity index (χ4v) is 2.66. The van der Waals surface area contributed by atoms with Crippen molar-refractivity contribution in [1.82, 2.24) is 5.32 Å². The Morgan fingerprint density at radius 2 is 1.63 bits per heavy atom. The van der Waals surface area contributed by atoms with Gasteiger partial charge in [0.05, 0.1) is 0 Å². The smallest absolute Gasteiger partial charge is 0.0130 e. The van der Waals surface area contributed by atoms with Crippen molar-refractivity contribution in [1.29, 1.82) is 0 Å². The molecule has 0 aliphatic carbocycles. The van der Waals surface area contributed by atoms with E-state index >= 15 is 0 Å². The van der Waals surface area contributed by atoms with E-state index in [1.165, 1.54) is 20.3 Å². The molecule has 1 unspecified atom stereocenters. The first-order valence-electron chi connectivity index (χ1n) is 6.64. The molecule has 1 atom stereocenters. The minimum atomic E-state index is 0.533. The van der Waals surface area contributed by atoms with Crippen LogP contribution in [0.5, 0.6) is 0 Å². The van der Waals surface area contributed by atoms with Gasteiger partial charge in [0.1, 0.15) is 0 Å². The third-order valence-corrected chi connectivity index (χ3v) is 4.11. The number of likely N-dealkylation sites (N-methyl/N-ethyl adjacent to an activating group) is 1. The van der Waals surface area contributed by atoms with Gasteiger partial charge in [-0.15, -0.1) is 0 Å². The van der Waals surface area contributed by atoms with Gasteiger partial charge in [0.15, 0.2) is 0 Å². The van der Waals surface area contributed by atoms with E-state index in [0.717, 1.165) is 13.0 Å². The van der Waals surface area contributed by atoms with Gasteiger partial charge >= 0.3 is 0 Å². The van der Waals surface area contributed by atoms with Crippen LogP contribution in [0.3, 0.4) is 0 Å². The standard InChI is InChI=1S/C17H20IN/c1-13-3-7-15(8-4-13)16(12-19-2)11-14-5-9-17(18)10-6-14/h3-10,16,19H,11-12H2,1-2H3. The number of aryl methyl sites for hydroxylation is 1. The molecule has 0 fully saturated rings. The molecule has 0 aliphatic heterocycles. The molecule has 2 aromatic rings. The number of rotatable bonds is 5. The van der Waals surface area contributed by atoms with Gasteiger partial charge in [-0.1, -0.05) is 42.0 Å². The van der Waals surface area contributed by atoms with Crippen LogP contribution in [0.1, 0.15) is 22.6 Å². The predicted octanol–water partition coefficient (Wildman–Crippen LogP) is 4.15. The summed E-state index contributed by atoms with van der Waals surface area (Å²) in [6.07, 6.45) is 1.08. The molecule has 2 aromatic carbocycles. The lowest BCUT2D eigenvalue weighted by Gasteiger charge is -2.17. The Morgan fingerprint density at radius 1 is 1.00 bits per heavy atom. The molecule has 0 saturated heterocycles. The Morgan fingerprint density at radius 3 is 2.21 bits per heavy atom. The summed E-state index contributed by atoms with van der Waals surface area (Å²) in [7, 11) is 2.02. The van der Waals surface area contributed by atoms with Crippen LogP contribution in [0.15, 0.2) is 48.5 Å². The highest BCUT2D eigenvalue weighted by atomic mass is 127. The molecule has 2 heteroatoms. The fourth-order valence-electron chi connectivity index (χ4n) is 2.30. The molecule has 0 radical (unpaired) electrons. The van der Waals surface area contributed by atoms with Gasteiger partial charge < -0.3 is 5.32 Å². The maximum Gasteiger partial charge on any atom is 0.0130 e. The molecular weight excluding hydrogens is 345 g/mol. The summed E-state index contributed by atoms with van der Waals surface area (Å²) < 4.78 is 1.29. The Hall–Kier alpha value is -0.870. The quantitative estimate of drug-likeness (QED) is 0.786. The lowest BCUT2D eigenvalue weighted by molar-refractivity contribution is 0.625. The number of halogens is 1. The SMILES string of the molecule is CNCC(Cc1ccc(I)cc1)c1ccc(C)cc1. The van der Waals surface area contributed by atoms with Gasteiger partial charge in [0, 0.05) is 16.0 Å². The summed E-state index contributed by atoms with van der Waals surface area (Å²) in [5.41, 5.74) is 4.14. The maximum absolute atomic E-state index is 3.31. The molecule has 1 nitrogen and oxygen atoms in total. The average molecular weight is 365 g/mol. The zero-order valence-electron chi connectivity index (χ0n) is 11.5. The van der Waals surface area contributed by atoms with Crippen molar-refractivity contribution in [2.75, 3.05) is 13.6 Å². The first-order chi connectivity index (χ1) is 9.19. The monoisotopic (exact) mass is 365 g/mol. The van der Waals surface area contributed by atoms with Crippen LogP contribution in [-0.4, -0.2) is 13.6 Å². The third-order valence-electron chi connectivity index (χ3n) is 3.39. The van der Waals surface area contributed by atoms with Gasteiger partial charge in [0.2, 0.25) is 0 Å². The van der Waals surface area contributed by atoms with E-state index in [-0.39, 0.29) is 0 Å². The highest BCUT2D eigenvalue weighted by Gasteiger charge is 2.11. The minimum absolute atomic E-state index is 0.533. The van der Waals surface area contributed by atoms with Crippen molar-refractivity contribution >= 4 is 22.6 Å². The Bertz CT molecular complexity index is 502. The van der Waals surface area contributed by atoms with Crippen molar-refractivity contribution in [3.05, 3.63) is 68.8 Å². The molecule has 0 aliphatic rings. The van der Waals surface area contributed by atoms with Crippen LogP contribution in [0, 0.1) is 10.5 Å². The molecule has 1 N–H and O–H groups in total. The Labute approximate surface area is 129 Å². The molecule has 0 saturated carbocycles. The topological polar surface area (TPSA) is 12.0 Å². The molecule has 0 amide bonds. The van der Waals surface area contributed by atoms with Crippen LogP contribution in [-0.2, 0) is 6.42 Å². The highest BCUT2D eigenvalue weighted by molar-refractivity contribution is 14.1. The molecular formula is C17H20IN. The number of benzene rings is 2. The highest BCUT2D eigenvalue weighted by Crippen LogP contribution is 2.21. The van der Waals surface area contributed by atoms with Crippen molar-refractivity contribution in [2.24, 2.45) is 0 Å². The molecule has 0 spiro atoms. The first-order valence-corrected chi connectivity index (χ1v) is 7.72. The molecule has 0 bridgehead atoms. The summed E-state index contributed by atoms with van der Waals surface area (Å²) in [6, 6.07) is 17.7. The zero-order valence-corrected chi connectivity index (χ0v) is 13.6. The van der Waals surface area contributed by atoms with Crippen LogP contribution in [0.2, 0.25) is 0 Å². The zero-order chi connectivity index (χ0) is 13.7. The summed E-state index contributed by atoms with van der Waals surface area (Å²) in [5.74, 6) is 0.533. The lowest BCUT2D eigenvalue weighted by Crippen LogP contribution is -2.19. The van der Waals surface area contributed by atoms with E-state index in [4.69, 9.17) is 0 Å². The van der Waals surface area contributed by atoms with Gasteiger partial charge in [0.25, 0.3) is 0 Å². The van der Waals surface area contributed by atoms with Gasteiger partial charge in [-0.25, -0.2) is 0 Å². The van der Waals surface area contributed by atoms with Crippen LogP contribution < -0.4 is 5.32 Å². The lowest BCUT2D eigenvalue weighted by atomic mass is 9.91. The van der Waals surface area contributed by atoms with Crippen molar-refractivity contribution < 1.29 is 0 Å². The predicted molar refractivity (Wildman–Crippen MR) is 90.7 cm³/mol. The minimum Gasteiger partial charge on any atom is -0.319 e.